The second-order valence-corrected chi connectivity index (χ2v) is 7.91. The second-order valence-electron chi connectivity index (χ2n) is 5.41. The molecule has 118 valence electrons. The number of rotatable bonds is 6. The van der Waals surface area contributed by atoms with E-state index in [2.05, 4.69) is 4.72 Å². The predicted octanol–water partition coefficient (Wildman–Crippen LogP) is 1.99. The molecular weight excluding hydrogens is 314 g/mol. The minimum absolute atomic E-state index is 0.123. The Morgan fingerprint density at radius 3 is 2.62 bits per heavy atom. The number of ether oxygens (including phenoxy) is 1. The molecule has 1 heterocycles. The molecule has 0 radical (unpaired) electrons. The van der Waals surface area contributed by atoms with E-state index in [1.165, 1.54) is 7.11 Å². The molecule has 2 N–H and O–H groups in total. The quantitative estimate of drug-likeness (QED) is 0.830. The smallest absolute Gasteiger partial charge is 0.347 e. The van der Waals surface area contributed by atoms with E-state index in [0.29, 0.717) is 18.4 Å². The van der Waals surface area contributed by atoms with Crippen molar-refractivity contribution in [1.82, 2.24) is 4.72 Å². The van der Waals surface area contributed by atoms with Crippen LogP contribution in [0.15, 0.2) is 10.3 Å². The first-order chi connectivity index (χ1) is 9.81. The van der Waals surface area contributed by atoms with Crippen molar-refractivity contribution in [2.24, 2.45) is 0 Å². The molecule has 1 saturated carbocycles. The predicted molar refractivity (Wildman–Crippen MR) is 79.4 cm³/mol. The van der Waals surface area contributed by atoms with Crippen LogP contribution in [0.4, 0.5) is 0 Å². The van der Waals surface area contributed by atoms with E-state index in [1.807, 2.05) is 0 Å². The maximum atomic E-state index is 12.7. The lowest BCUT2D eigenvalue weighted by atomic mass is 10.0. The third kappa shape index (κ3) is 3.28. The van der Waals surface area contributed by atoms with Crippen molar-refractivity contribution in [1.29, 1.82) is 0 Å². The average Bonchev–Trinajstić information content (AvgIpc) is 2.96. The molecular formula is C13H19NO5S2. The summed E-state index contributed by atoms with van der Waals surface area (Å²) in [4.78, 5) is 10.9. The van der Waals surface area contributed by atoms with Crippen molar-refractivity contribution in [2.45, 2.75) is 43.0 Å². The van der Waals surface area contributed by atoms with Crippen LogP contribution < -0.4 is 4.72 Å². The number of nitrogens with one attached hydrogen (secondary N) is 1. The fraction of sp³-hybridized carbons (Fsp3) is 0.615. The number of thiophene rings is 1. The standard InChI is InChI=1S/C13H19NO5S2/c1-9-7-20-10(12(15)16)11(9)21(17,18)14-13(8-19-2)5-3-4-6-13/h7,14H,3-6,8H2,1-2H3,(H,15,16). The number of carboxylic acid groups (broad SMARTS) is 1. The van der Waals surface area contributed by atoms with Gasteiger partial charge in [0.05, 0.1) is 12.1 Å². The van der Waals surface area contributed by atoms with E-state index < -0.39 is 21.5 Å². The maximum Gasteiger partial charge on any atom is 0.347 e. The second kappa shape index (κ2) is 6.04. The summed E-state index contributed by atoms with van der Waals surface area (Å²) in [6.07, 6.45) is 3.26. The number of methoxy groups -OCH3 is 1. The topological polar surface area (TPSA) is 92.7 Å². The molecule has 21 heavy (non-hydrogen) atoms. The molecule has 2 rings (SSSR count). The van der Waals surface area contributed by atoms with Gasteiger partial charge < -0.3 is 9.84 Å². The Balaban J connectivity index is 2.38. The lowest BCUT2D eigenvalue weighted by molar-refractivity contribution is 0.0698. The summed E-state index contributed by atoms with van der Waals surface area (Å²) < 4.78 is 33.2. The van der Waals surface area contributed by atoms with Crippen LogP contribution in [-0.4, -0.2) is 38.7 Å². The van der Waals surface area contributed by atoms with Gasteiger partial charge in [0.1, 0.15) is 9.77 Å². The molecule has 1 aliphatic rings. The molecule has 0 atom stereocenters. The molecule has 0 aliphatic heterocycles. The lowest BCUT2D eigenvalue weighted by Crippen LogP contribution is -2.49. The third-order valence-corrected chi connectivity index (χ3v) is 6.69. The van der Waals surface area contributed by atoms with Gasteiger partial charge in [-0.05, 0) is 30.7 Å². The Hall–Kier alpha value is -0.960. The van der Waals surface area contributed by atoms with Gasteiger partial charge in [-0.3, -0.25) is 0 Å². The highest BCUT2D eigenvalue weighted by molar-refractivity contribution is 7.89. The molecule has 0 amide bonds. The van der Waals surface area contributed by atoms with Gasteiger partial charge in [0.15, 0.2) is 0 Å². The zero-order chi connectivity index (χ0) is 15.7. The number of carboxylic acids is 1. The Kier molecular flexibility index (Phi) is 4.72. The minimum atomic E-state index is -3.89. The fourth-order valence-corrected chi connectivity index (χ4v) is 5.93. The molecule has 1 fully saturated rings. The Morgan fingerprint density at radius 1 is 1.48 bits per heavy atom. The molecule has 0 aromatic carbocycles. The van der Waals surface area contributed by atoms with Crippen LogP contribution in [0.5, 0.6) is 0 Å². The number of aromatic carboxylic acids is 1. The summed E-state index contributed by atoms with van der Waals surface area (Å²) in [7, 11) is -2.35. The number of hydrogen-bond acceptors (Lipinski definition) is 5. The van der Waals surface area contributed by atoms with Crippen LogP contribution in [0.25, 0.3) is 0 Å². The highest BCUT2D eigenvalue weighted by atomic mass is 32.2. The van der Waals surface area contributed by atoms with Crippen LogP contribution in [0.2, 0.25) is 0 Å². The van der Waals surface area contributed by atoms with Gasteiger partial charge in [-0.1, -0.05) is 12.8 Å². The molecule has 0 spiro atoms. The fourth-order valence-electron chi connectivity index (χ4n) is 2.85. The molecule has 1 aromatic heterocycles. The molecule has 0 bridgehead atoms. The first-order valence-electron chi connectivity index (χ1n) is 6.66. The van der Waals surface area contributed by atoms with E-state index in [0.717, 1.165) is 24.2 Å². The largest absolute Gasteiger partial charge is 0.477 e. The normalized spacial score (nSPS) is 18.0. The average molecular weight is 333 g/mol. The van der Waals surface area contributed by atoms with Gasteiger partial charge >= 0.3 is 5.97 Å². The van der Waals surface area contributed by atoms with Gasteiger partial charge in [0.25, 0.3) is 0 Å². The molecule has 8 heteroatoms. The molecule has 0 unspecified atom stereocenters. The number of aryl methyl sites for hydroxylation is 1. The molecule has 6 nitrogen and oxygen atoms in total. The van der Waals surface area contributed by atoms with Crippen molar-refractivity contribution in [3.63, 3.8) is 0 Å². The van der Waals surface area contributed by atoms with Gasteiger partial charge in [-0.2, -0.15) is 0 Å². The summed E-state index contributed by atoms with van der Waals surface area (Å²) in [6.45, 7) is 1.90. The van der Waals surface area contributed by atoms with Gasteiger partial charge in [0, 0.05) is 7.11 Å². The minimum Gasteiger partial charge on any atom is -0.477 e. The number of sulfonamides is 1. The van der Waals surface area contributed by atoms with E-state index in [4.69, 9.17) is 9.84 Å². The molecule has 1 aliphatic carbocycles. The summed E-state index contributed by atoms with van der Waals surface area (Å²) in [5.41, 5.74) is -0.173. The summed E-state index contributed by atoms with van der Waals surface area (Å²) in [5, 5.41) is 10.7. The van der Waals surface area contributed by atoms with Crippen molar-refractivity contribution >= 4 is 27.3 Å². The van der Waals surface area contributed by atoms with Gasteiger partial charge in [-0.25, -0.2) is 17.9 Å². The van der Waals surface area contributed by atoms with Crippen LogP contribution >= 0.6 is 11.3 Å². The van der Waals surface area contributed by atoms with Gasteiger partial charge in [-0.15, -0.1) is 11.3 Å². The van der Waals surface area contributed by atoms with Crippen LogP contribution in [0, 0.1) is 6.92 Å². The summed E-state index contributed by atoms with van der Waals surface area (Å²) in [5.74, 6) is -1.22. The number of carbonyl (C=O) groups is 1. The van der Waals surface area contributed by atoms with Crippen LogP contribution in [0.3, 0.4) is 0 Å². The van der Waals surface area contributed by atoms with Crippen molar-refractivity contribution in [3.8, 4) is 0 Å². The monoisotopic (exact) mass is 333 g/mol. The SMILES string of the molecule is COCC1(NS(=O)(=O)c2c(C)csc2C(=O)O)CCCC1. The summed E-state index contributed by atoms with van der Waals surface area (Å²) in [6, 6.07) is 0. The van der Waals surface area contributed by atoms with Crippen molar-refractivity contribution in [2.75, 3.05) is 13.7 Å². The third-order valence-electron chi connectivity index (χ3n) is 3.71. The Bertz CT molecular complexity index is 629. The highest BCUT2D eigenvalue weighted by Gasteiger charge is 2.40. The van der Waals surface area contributed by atoms with E-state index in [1.54, 1.807) is 12.3 Å². The van der Waals surface area contributed by atoms with Crippen molar-refractivity contribution in [3.05, 3.63) is 15.8 Å². The lowest BCUT2D eigenvalue weighted by Gasteiger charge is -2.29. The van der Waals surface area contributed by atoms with E-state index in [-0.39, 0.29) is 16.4 Å². The zero-order valence-electron chi connectivity index (χ0n) is 12.0. The molecule has 1 aromatic rings. The van der Waals surface area contributed by atoms with Gasteiger partial charge in [0.2, 0.25) is 10.0 Å². The Morgan fingerprint density at radius 2 is 2.10 bits per heavy atom. The molecule has 0 saturated heterocycles. The Labute approximate surface area is 128 Å². The first kappa shape index (κ1) is 16.4. The van der Waals surface area contributed by atoms with E-state index in [9.17, 15) is 13.2 Å². The summed E-state index contributed by atoms with van der Waals surface area (Å²) >= 11 is 0.931. The maximum absolute atomic E-state index is 12.7. The van der Waals surface area contributed by atoms with Crippen LogP contribution in [0.1, 0.15) is 40.9 Å². The number of hydrogen-bond donors (Lipinski definition) is 2. The van der Waals surface area contributed by atoms with Crippen molar-refractivity contribution < 1.29 is 23.1 Å². The first-order valence-corrected chi connectivity index (χ1v) is 9.02. The zero-order valence-corrected chi connectivity index (χ0v) is 13.6. The highest BCUT2D eigenvalue weighted by Crippen LogP contribution is 2.34. The van der Waals surface area contributed by atoms with Crippen LogP contribution in [-0.2, 0) is 14.8 Å². The van der Waals surface area contributed by atoms with E-state index >= 15 is 0 Å².